The van der Waals surface area contributed by atoms with E-state index < -0.39 is 15.1 Å². The lowest BCUT2D eigenvalue weighted by Crippen LogP contribution is -2.47. The number of nitrogens with one attached hydrogen (secondary N) is 2. The van der Waals surface area contributed by atoms with E-state index in [-0.39, 0.29) is 21.7 Å². The highest BCUT2D eigenvalue weighted by Gasteiger charge is 2.23. The van der Waals surface area contributed by atoms with E-state index in [0.29, 0.717) is 37.3 Å². The highest BCUT2D eigenvalue weighted by Crippen LogP contribution is 2.33. The second kappa shape index (κ2) is 17.4. The largest absolute Gasteiger partial charge is 0.495 e. The van der Waals surface area contributed by atoms with Crippen molar-refractivity contribution in [3.05, 3.63) is 58.7 Å². The number of para-hydroxylation sites is 1. The number of anilines is 4. The molecule has 1 aliphatic heterocycles. The molecule has 0 unspecified atom stereocenters. The van der Waals surface area contributed by atoms with Gasteiger partial charge in [0.05, 0.1) is 41.6 Å². The fourth-order valence-electron chi connectivity index (χ4n) is 5.07. The molecule has 2 heterocycles. The standard InChI is InChI=1S/C33H48ClN7O5S/c1-7-45-22-40-14-16-41(17-15-40)23-46-21-39(5)13-12-26-19-30(44-6)29(18-25(26)4)37-33-35-20-27(34)32(38-33)36-28-10-8-9-11-31(28)47(42,43)24(2)3/h8-11,18-20,24H,7,12-17,21-23H2,1-6H3,(H2,35,36,37,38). The number of ether oxygens (including phenoxy) is 3. The van der Waals surface area contributed by atoms with Crippen LogP contribution in [0.4, 0.5) is 23.1 Å². The second-order valence-corrected chi connectivity index (χ2v) is 14.7. The summed E-state index contributed by atoms with van der Waals surface area (Å²) in [6.07, 6.45) is 2.29. The first-order chi connectivity index (χ1) is 22.5. The maximum absolute atomic E-state index is 12.9. The Kier molecular flexibility index (Phi) is 13.6. The summed E-state index contributed by atoms with van der Waals surface area (Å²) in [6.45, 7) is 14.7. The number of hydrogen-bond acceptors (Lipinski definition) is 12. The number of hydrogen-bond donors (Lipinski definition) is 2. The molecule has 14 heteroatoms. The quantitative estimate of drug-likeness (QED) is 0.183. The van der Waals surface area contributed by atoms with Crippen molar-refractivity contribution in [1.29, 1.82) is 0 Å². The highest BCUT2D eigenvalue weighted by molar-refractivity contribution is 7.92. The zero-order valence-corrected chi connectivity index (χ0v) is 29.8. The highest BCUT2D eigenvalue weighted by atomic mass is 35.5. The number of rotatable bonds is 17. The van der Waals surface area contributed by atoms with Gasteiger partial charge in [-0.1, -0.05) is 23.7 Å². The summed E-state index contributed by atoms with van der Waals surface area (Å²) < 4.78 is 43.1. The zero-order valence-electron chi connectivity index (χ0n) is 28.3. The second-order valence-electron chi connectivity index (χ2n) is 11.9. The molecule has 0 saturated carbocycles. The van der Waals surface area contributed by atoms with Gasteiger partial charge in [-0.15, -0.1) is 0 Å². The Balaban J connectivity index is 1.35. The monoisotopic (exact) mass is 689 g/mol. The number of aromatic nitrogens is 2. The van der Waals surface area contributed by atoms with Gasteiger partial charge in [0.15, 0.2) is 15.7 Å². The van der Waals surface area contributed by atoms with Crippen molar-refractivity contribution in [3.63, 3.8) is 0 Å². The Morgan fingerprint density at radius 3 is 2.36 bits per heavy atom. The number of methoxy groups -OCH3 is 1. The normalized spacial score (nSPS) is 14.6. The lowest BCUT2D eigenvalue weighted by molar-refractivity contribution is -0.0522. The molecule has 12 nitrogen and oxygen atoms in total. The number of piperazine rings is 1. The molecular formula is C33H48ClN7O5S. The van der Waals surface area contributed by atoms with E-state index in [1.54, 1.807) is 45.2 Å². The van der Waals surface area contributed by atoms with Crippen LogP contribution in [0.25, 0.3) is 0 Å². The van der Waals surface area contributed by atoms with E-state index >= 15 is 0 Å². The molecule has 0 aliphatic carbocycles. The van der Waals surface area contributed by atoms with Crippen LogP contribution < -0.4 is 15.4 Å². The topological polar surface area (TPSA) is 121 Å². The molecule has 47 heavy (non-hydrogen) atoms. The van der Waals surface area contributed by atoms with Crippen molar-refractivity contribution in [2.24, 2.45) is 0 Å². The van der Waals surface area contributed by atoms with Gasteiger partial charge in [-0.2, -0.15) is 4.98 Å². The number of halogens is 1. The average Bonchev–Trinajstić information content (AvgIpc) is 3.05. The molecule has 1 aliphatic rings. The third-order valence-corrected chi connectivity index (χ3v) is 10.5. The van der Waals surface area contributed by atoms with Crippen molar-refractivity contribution in [1.82, 2.24) is 24.7 Å². The molecule has 0 bridgehead atoms. The van der Waals surface area contributed by atoms with E-state index in [4.69, 9.17) is 25.8 Å². The third kappa shape index (κ3) is 10.2. The van der Waals surface area contributed by atoms with E-state index in [1.165, 1.54) is 6.20 Å². The van der Waals surface area contributed by atoms with Gasteiger partial charge in [-0.05, 0) is 76.6 Å². The van der Waals surface area contributed by atoms with Gasteiger partial charge in [0.2, 0.25) is 5.95 Å². The Morgan fingerprint density at radius 1 is 1.02 bits per heavy atom. The molecule has 2 N–H and O–H groups in total. The van der Waals surface area contributed by atoms with Crippen LogP contribution in [0.2, 0.25) is 5.02 Å². The first-order valence-electron chi connectivity index (χ1n) is 15.9. The minimum Gasteiger partial charge on any atom is -0.495 e. The van der Waals surface area contributed by atoms with Crippen LogP contribution in [0.15, 0.2) is 47.5 Å². The maximum Gasteiger partial charge on any atom is 0.229 e. The fourth-order valence-corrected chi connectivity index (χ4v) is 6.41. The van der Waals surface area contributed by atoms with Crippen LogP contribution >= 0.6 is 11.6 Å². The van der Waals surface area contributed by atoms with Crippen molar-refractivity contribution in [2.75, 3.05) is 84.3 Å². The van der Waals surface area contributed by atoms with Gasteiger partial charge in [0.1, 0.15) is 24.2 Å². The van der Waals surface area contributed by atoms with Gasteiger partial charge in [-0.3, -0.25) is 14.7 Å². The van der Waals surface area contributed by atoms with Crippen LogP contribution in [-0.4, -0.2) is 112 Å². The van der Waals surface area contributed by atoms with Crippen molar-refractivity contribution in [3.8, 4) is 5.75 Å². The van der Waals surface area contributed by atoms with Gasteiger partial charge < -0.3 is 24.8 Å². The molecule has 1 aromatic heterocycles. The molecule has 0 radical (unpaired) electrons. The van der Waals surface area contributed by atoms with Gasteiger partial charge in [0, 0.05) is 39.3 Å². The molecule has 2 aromatic carbocycles. The molecule has 1 fully saturated rings. The minimum absolute atomic E-state index is 0.177. The first-order valence-corrected chi connectivity index (χ1v) is 17.8. The van der Waals surface area contributed by atoms with Crippen molar-refractivity contribution < 1.29 is 22.6 Å². The lowest BCUT2D eigenvalue weighted by Gasteiger charge is -2.34. The summed E-state index contributed by atoms with van der Waals surface area (Å²) in [5, 5.41) is 5.99. The Labute approximate surface area is 284 Å². The third-order valence-electron chi connectivity index (χ3n) is 8.01. The summed E-state index contributed by atoms with van der Waals surface area (Å²) in [7, 11) is 0.142. The number of nitrogens with zero attached hydrogens (tertiary/aromatic N) is 5. The fraction of sp³-hybridized carbons (Fsp3) is 0.515. The lowest BCUT2D eigenvalue weighted by atomic mass is 10.0. The summed E-state index contributed by atoms with van der Waals surface area (Å²) in [6, 6.07) is 10.7. The number of likely N-dealkylation sites (N-methyl/N-ethyl adjacent to an activating group) is 1. The number of sulfone groups is 1. The molecule has 258 valence electrons. The summed E-state index contributed by atoms with van der Waals surface area (Å²) in [5.74, 6) is 1.20. The van der Waals surface area contributed by atoms with Gasteiger partial charge in [0.25, 0.3) is 0 Å². The van der Waals surface area contributed by atoms with E-state index in [1.807, 2.05) is 19.1 Å². The Bertz CT molecular complexity index is 1570. The summed E-state index contributed by atoms with van der Waals surface area (Å²) in [5.41, 5.74) is 3.33. The molecule has 4 rings (SSSR count). The van der Waals surface area contributed by atoms with Crippen molar-refractivity contribution >= 4 is 44.6 Å². The van der Waals surface area contributed by atoms with E-state index in [2.05, 4.69) is 49.3 Å². The molecule has 1 saturated heterocycles. The molecule has 0 amide bonds. The zero-order chi connectivity index (χ0) is 34.0. The van der Waals surface area contributed by atoms with Crippen molar-refractivity contribution in [2.45, 2.75) is 44.3 Å². The van der Waals surface area contributed by atoms with Crippen LogP contribution in [0.5, 0.6) is 5.75 Å². The summed E-state index contributed by atoms with van der Waals surface area (Å²) >= 11 is 6.42. The number of aryl methyl sites for hydroxylation is 1. The SMILES string of the molecule is CCOCN1CCN(COCN(C)CCc2cc(OC)c(Nc3ncc(Cl)c(Nc4ccccc4S(=O)(=O)C(C)C)n3)cc2C)CC1. The van der Waals surface area contributed by atoms with Gasteiger partial charge >= 0.3 is 0 Å². The minimum atomic E-state index is -3.54. The van der Waals surface area contributed by atoms with Crippen LogP contribution in [0.3, 0.4) is 0 Å². The Hall–Kier alpha value is -3.04. The van der Waals surface area contributed by atoms with Gasteiger partial charge in [-0.25, -0.2) is 13.4 Å². The smallest absolute Gasteiger partial charge is 0.229 e. The number of benzene rings is 2. The maximum atomic E-state index is 12.9. The average molecular weight is 690 g/mol. The van der Waals surface area contributed by atoms with Crippen LogP contribution in [0.1, 0.15) is 31.9 Å². The predicted molar refractivity (Wildman–Crippen MR) is 187 cm³/mol. The van der Waals surface area contributed by atoms with E-state index in [0.717, 1.165) is 56.9 Å². The molecule has 0 atom stereocenters. The summed E-state index contributed by atoms with van der Waals surface area (Å²) in [4.78, 5) is 15.9. The van der Waals surface area contributed by atoms with Crippen LogP contribution in [0, 0.1) is 6.92 Å². The van der Waals surface area contributed by atoms with Crippen LogP contribution in [-0.2, 0) is 25.7 Å². The molecule has 0 spiro atoms. The van der Waals surface area contributed by atoms with E-state index in [9.17, 15) is 8.42 Å². The molecular weight excluding hydrogens is 642 g/mol. The predicted octanol–water partition coefficient (Wildman–Crippen LogP) is 5.13. The molecule has 3 aromatic rings. The Morgan fingerprint density at radius 2 is 1.70 bits per heavy atom. The first kappa shape index (κ1) is 36.8.